The van der Waals surface area contributed by atoms with Gasteiger partial charge in [-0.3, -0.25) is 19.2 Å². The molecule has 2 aliphatic heterocycles. The summed E-state index contributed by atoms with van der Waals surface area (Å²) in [5, 5.41) is 0.833. The lowest BCUT2D eigenvalue weighted by molar-refractivity contribution is 0.111. The Morgan fingerprint density at radius 3 is 1.34 bits per heavy atom. The molecular weight excluding hydrogens is 484 g/mol. The number of aldehydes is 2. The fourth-order valence-corrected chi connectivity index (χ4v) is 6.11. The second-order valence-electron chi connectivity index (χ2n) is 10.2. The zero-order chi connectivity index (χ0) is 26.2. The van der Waals surface area contributed by atoms with E-state index in [1.54, 1.807) is 36.4 Å². The van der Waals surface area contributed by atoms with Crippen molar-refractivity contribution in [2.45, 2.75) is 25.7 Å². The molecule has 0 aliphatic carbocycles. The smallest absolute Gasteiger partial charge is 0.210 e. The number of carbonyl (C=O) groups excluding carboxylic acids is 2. The summed E-state index contributed by atoms with van der Waals surface area (Å²) < 4.78 is 12.1. The number of benzene rings is 2. The summed E-state index contributed by atoms with van der Waals surface area (Å²) in [5.74, 6) is 1.75. The highest BCUT2D eigenvalue weighted by atomic mass is 16.4. The number of carbonyl (C=O) groups is 2. The van der Waals surface area contributed by atoms with Crippen molar-refractivity contribution in [3.8, 4) is 0 Å². The van der Waals surface area contributed by atoms with E-state index in [0.29, 0.717) is 84.3 Å². The van der Waals surface area contributed by atoms with Crippen molar-refractivity contribution in [3.63, 3.8) is 0 Å². The van der Waals surface area contributed by atoms with Gasteiger partial charge in [0, 0.05) is 26.2 Å². The van der Waals surface area contributed by atoms with E-state index in [4.69, 9.17) is 8.83 Å². The first-order valence-corrected chi connectivity index (χ1v) is 13.1. The van der Waals surface area contributed by atoms with Crippen LogP contribution < -0.4 is 20.7 Å². The molecule has 0 unspecified atom stereocenters. The Bertz CT molecular complexity index is 1520. The normalized spacial score (nSPS) is 17.3. The molecule has 0 amide bonds. The van der Waals surface area contributed by atoms with Crippen molar-refractivity contribution < 1.29 is 18.4 Å². The maximum atomic E-state index is 12.8. The van der Waals surface area contributed by atoms with Crippen LogP contribution >= 0.6 is 0 Å². The van der Waals surface area contributed by atoms with Gasteiger partial charge in [0.1, 0.15) is 22.3 Å². The Morgan fingerprint density at radius 2 is 0.974 bits per heavy atom. The third-order valence-corrected chi connectivity index (χ3v) is 8.18. The monoisotopic (exact) mass is 512 g/mol. The van der Waals surface area contributed by atoms with E-state index in [-0.39, 0.29) is 22.0 Å². The molecule has 0 spiro atoms. The molecule has 4 aromatic rings. The van der Waals surface area contributed by atoms with E-state index in [1.807, 2.05) is 21.9 Å². The average Bonchev–Trinajstić information content (AvgIpc) is 2.97. The van der Waals surface area contributed by atoms with Gasteiger partial charge in [0.05, 0.1) is 10.8 Å². The molecule has 0 bridgehead atoms. The second-order valence-corrected chi connectivity index (χ2v) is 10.2. The van der Waals surface area contributed by atoms with E-state index in [1.165, 1.54) is 0 Å². The van der Waals surface area contributed by atoms with E-state index in [0.717, 1.165) is 25.7 Å². The van der Waals surface area contributed by atoms with Gasteiger partial charge >= 0.3 is 0 Å². The highest BCUT2D eigenvalue weighted by molar-refractivity contribution is 5.90. The first-order chi connectivity index (χ1) is 18.6. The molecule has 2 aromatic carbocycles. The summed E-state index contributed by atoms with van der Waals surface area (Å²) in [6.07, 6.45) is 4.95. The average molecular weight is 513 g/mol. The Balaban J connectivity index is 1.14. The van der Waals surface area contributed by atoms with Crippen molar-refractivity contribution in [2.75, 3.05) is 36.0 Å². The van der Waals surface area contributed by atoms with Crippen LogP contribution in [0.3, 0.4) is 0 Å². The van der Waals surface area contributed by atoms with Crippen molar-refractivity contribution in [1.82, 2.24) is 0 Å². The lowest BCUT2D eigenvalue weighted by Crippen LogP contribution is -2.42. The number of para-hydroxylation sites is 2. The zero-order valence-corrected chi connectivity index (χ0v) is 20.9. The van der Waals surface area contributed by atoms with Gasteiger partial charge in [-0.25, -0.2) is 0 Å². The standard InChI is InChI=1S/C30H28N2O6/c33-17-23-27(35)21-5-1-3-7-25(21)37-29(23)31-13-9-19(10-14-31)20-11-15-32(16-12-20)30-24(18-34)28(36)22-6-2-4-8-26(22)38-30/h1-8,17-20H,9-16H2. The molecule has 38 heavy (non-hydrogen) atoms. The largest absolute Gasteiger partial charge is 0.439 e. The predicted octanol–water partition coefficient (Wildman–Crippen LogP) is 4.66. The van der Waals surface area contributed by atoms with Crippen molar-refractivity contribution in [1.29, 1.82) is 0 Å². The van der Waals surface area contributed by atoms with Gasteiger partial charge in [0.25, 0.3) is 0 Å². The number of anilines is 2. The molecule has 2 aromatic heterocycles. The summed E-state index contributed by atoms with van der Waals surface area (Å²) in [7, 11) is 0. The summed E-state index contributed by atoms with van der Waals surface area (Å²) in [5.41, 5.74) is 0.560. The van der Waals surface area contributed by atoms with Gasteiger partial charge < -0.3 is 18.6 Å². The van der Waals surface area contributed by atoms with Crippen LogP contribution in [-0.2, 0) is 0 Å². The van der Waals surface area contributed by atoms with Crippen molar-refractivity contribution in [3.05, 3.63) is 80.1 Å². The number of hydrogen-bond acceptors (Lipinski definition) is 8. The van der Waals surface area contributed by atoms with Crippen LogP contribution in [-0.4, -0.2) is 38.8 Å². The molecule has 8 heteroatoms. The lowest BCUT2D eigenvalue weighted by atomic mass is 9.78. The molecule has 0 atom stereocenters. The summed E-state index contributed by atoms with van der Waals surface area (Å²) in [6.45, 7) is 2.84. The van der Waals surface area contributed by atoms with Crippen molar-refractivity contribution in [2.24, 2.45) is 11.8 Å². The number of piperidine rings is 2. The van der Waals surface area contributed by atoms with Crippen LogP contribution in [0.2, 0.25) is 0 Å². The summed E-state index contributed by atoms with van der Waals surface area (Å²) >= 11 is 0. The predicted molar refractivity (Wildman–Crippen MR) is 146 cm³/mol. The first kappa shape index (κ1) is 24.2. The molecule has 6 rings (SSSR count). The molecule has 8 nitrogen and oxygen atoms in total. The van der Waals surface area contributed by atoms with Crippen LogP contribution in [0.5, 0.6) is 0 Å². The number of nitrogens with zero attached hydrogens (tertiary/aromatic N) is 2. The molecule has 0 saturated carbocycles. The fraction of sp³-hybridized carbons (Fsp3) is 0.333. The quantitative estimate of drug-likeness (QED) is 0.356. The molecule has 2 saturated heterocycles. The van der Waals surface area contributed by atoms with Gasteiger partial charge in [-0.05, 0) is 61.8 Å². The van der Waals surface area contributed by atoms with Crippen LogP contribution in [0.1, 0.15) is 46.4 Å². The maximum Gasteiger partial charge on any atom is 0.210 e. The molecule has 194 valence electrons. The first-order valence-electron chi connectivity index (χ1n) is 13.1. The summed E-state index contributed by atoms with van der Waals surface area (Å²) in [4.78, 5) is 53.3. The Morgan fingerprint density at radius 1 is 0.605 bits per heavy atom. The molecule has 2 fully saturated rings. The molecule has 2 aliphatic rings. The molecule has 0 radical (unpaired) electrons. The number of rotatable bonds is 5. The van der Waals surface area contributed by atoms with Crippen LogP contribution in [0.15, 0.2) is 67.0 Å². The Kier molecular flexibility index (Phi) is 6.31. The minimum absolute atomic E-state index is 0.0818. The lowest BCUT2D eigenvalue weighted by Gasteiger charge is -2.40. The van der Waals surface area contributed by atoms with Gasteiger partial charge in [0.15, 0.2) is 12.6 Å². The minimum Gasteiger partial charge on any atom is -0.439 e. The Hall–Kier alpha value is -4.20. The zero-order valence-electron chi connectivity index (χ0n) is 20.9. The van der Waals surface area contributed by atoms with Crippen LogP contribution in [0, 0.1) is 11.8 Å². The SMILES string of the molecule is O=Cc1c(N2CCC(C3CCN(c4oc5ccccc5c(=O)c4C=O)CC3)CC2)oc2ccccc2c1=O. The molecule has 0 N–H and O–H groups in total. The Labute approximate surface area is 218 Å². The fourth-order valence-electron chi connectivity index (χ4n) is 6.11. The second kappa shape index (κ2) is 9.93. The van der Waals surface area contributed by atoms with E-state index < -0.39 is 0 Å². The number of fused-ring (bicyclic) bond motifs is 2. The van der Waals surface area contributed by atoms with E-state index >= 15 is 0 Å². The summed E-state index contributed by atoms with van der Waals surface area (Å²) in [6, 6.07) is 14.0. The van der Waals surface area contributed by atoms with Crippen LogP contribution in [0.4, 0.5) is 11.8 Å². The van der Waals surface area contributed by atoms with E-state index in [9.17, 15) is 19.2 Å². The minimum atomic E-state index is -0.290. The molecular formula is C30H28N2O6. The van der Waals surface area contributed by atoms with Gasteiger partial charge in [-0.15, -0.1) is 0 Å². The maximum absolute atomic E-state index is 12.8. The highest BCUT2D eigenvalue weighted by Gasteiger charge is 2.33. The van der Waals surface area contributed by atoms with Gasteiger partial charge in [-0.1, -0.05) is 24.3 Å². The molecule has 4 heterocycles. The van der Waals surface area contributed by atoms with Gasteiger partial charge in [0.2, 0.25) is 22.6 Å². The topological polar surface area (TPSA) is 101 Å². The van der Waals surface area contributed by atoms with Crippen molar-refractivity contribution >= 4 is 46.3 Å². The van der Waals surface area contributed by atoms with Crippen LogP contribution in [0.25, 0.3) is 21.9 Å². The number of hydrogen-bond donors (Lipinski definition) is 0. The van der Waals surface area contributed by atoms with E-state index in [2.05, 4.69) is 0 Å². The third-order valence-electron chi connectivity index (χ3n) is 8.18. The highest BCUT2D eigenvalue weighted by Crippen LogP contribution is 2.36. The van der Waals surface area contributed by atoms with Gasteiger partial charge in [-0.2, -0.15) is 0 Å². The third kappa shape index (κ3) is 4.10.